The first-order chi connectivity index (χ1) is 18.7. The molecule has 2 aromatic rings. The molecule has 2 atom stereocenters. The highest BCUT2D eigenvalue weighted by Crippen LogP contribution is 2.25. The van der Waals surface area contributed by atoms with Gasteiger partial charge in [0.05, 0.1) is 38.0 Å². The Morgan fingerprint density at radius 2 is 2.03 bits per heavy atom. The number of morpholine rings is 1. The first kappa shape index (κ1) is 28.6. The molecule has 0 spiro atoms. The van der Waals surface area contributed by atoms with Crippen LogP contribution in [0.3, 0.4) is 0 Å². The van der Waals surface area contributed by atoms with E-state index in [0.717, 1.165) is 30.5 Å². The van der Waals surface area contributed by atoms with E-state index in [9.17, 15) is 19.6 Å². The smallest absolute Gasteiger partial charge is 0.464 e. The van der Waals surface area contributed by atoms with Crippen molar-refractivity contribution in [2.24, 2.45) is 0 Å². The van der Waals surface area contributed by atoms with Crippen molar-refractivity contribution in [1.29, 1.82) is 0 Å². The summed E-state index contributed by atoms with van der Waals surface area (Å²) < 4.78 is 16.3. The van der Waals surface area contributed by atoms with Gasteiger partial charge in [0.2, 0.25) is 5.70 Å². The minimum atomic E-state index is -1.82. The largest absolute Gasteiger partial charge is 0.475 e. The number of carbonyl (C=O) groups is 2. The number of amides is 2. The van der Waals surface area contributed by atoms with E-state index in [0.29, 0.717) is 31.8 Å². The quantitative estimate of drug-likeness (QED) is 0.251. The van der Waals surface area contributed by atoms with Gasteiger partial charge in [-0.25, -0.2) is 9.64 Å². The molecule has 0 unspecified atom stereocenters. The fourth-order valence-electron chi connectivity index (χ4n) is 5.15. The summed E-state index contributed by atoms with van der Waals surface area (Å²) in [6, 6.07) is 6.96. The number of nitrogens with one attached hydrogen (secondary N) is 1. The second kappa shape index (κ2) is 12.7. The lowest BCUT2D eigenvalue weighted by atomic mass is 9.76. The van der Waals surface area contributed by atoms with Gasteiger partial charge in [0.15, 0.2) is 0 Å². The second-order valence-corrected chi connectivity index (χ2v) is 10.4. The van der Waals surface area contributed by atoms with Crippen LogP contribution < -0.4 is 5.32 Å². The molecule has 2 saturated heterocycles. The van der Waals surface area contributed by atoms with Crippen molar-refractivity contribution >= 4 is 30.1 Å². The first-order valence-electron chi connectivity index (χ1n) is 13.2. The number of carbonyl (C=O) groups excluding carboxylic acids is 2. The van der Waals surface area contributed by atoms with E-state index >= 15 is 0 Å². The number of nitrogens with zero attached hydrogens (tertiary/aromatic N) is 3. The summed E-state index contributed by atoms with van der Waals surface area (Å²) in [4.78, 5) is 33.2. The monoisotopic (exact) mass is 538 g/mol. The number of hydrogen-bond donors (Lipinski definition) is 3. The van der Waals surface area contributed by atoms with E-state index in [-0.39, 0.29) is 30.7 Å². The molecule has 4 rings (SSSR count). The standard InChI is InChI=1S/C27H35BN4O7/c1-27(2,31-11-13-37-14-12-31)16-22(29-3)25(33)32-10-6-7-20(32)18-39-26(34)30-24(28(35)36)15-19-17-38-23-9-5-4-8-21(19)23/h4-5,8-9,16-17,20,24,35-36H,6-7,10-15,18H2,1-2H3,(H,30,34)/t20-,24+/m1/s1. The maximum atomic E-state index is 13.3. The van der Waals surface area contributed by atoms with Gasteiger partial charge >= 0.3 is 13.2 Å². The number of benzene rings is 1. The normalized spacial score (nSPS) is 19.5. The van der Waals surface area contributed by atoms with Crippen LogP contribution in [0, 0.1) is 6.57 Å². The summed E-state index contributed by atoms with van der Waals surface area (Å²) >= 11 is 0. The van der Waals surface area contributed by atoms with Gasteiger partial charge < -0.3 is 34.2 Å². The third-order valence-corrected chi connectivity index (χ3v) is 7.36. The summed E-state index contributed by atoms with van der Waals surface area (Å²) in [7, 11) is -1.82. The Hall–Kier alpha value is -3.37. The number of furan rings is 1. The molecule has 3 N–H and O–H groups in total. The number of alkyl carbamates (subject to hydrolysis) is 1. The van der Waals surface area contributed by atoms with Crippen LogP contribution in [0.2, 0.25) is 0 Å². The lowest BCUT2D eigenvalue weighted by molar-refractivity contribution is -0.128. The van der Waals surface area contributed by atoms with Crippen molar-refractivity contribution in [3.05, 3.63) is 59.3 Å². The molecule has 0 bridgehead atoms. The molecule has 11 nitrogen and oxygen atoms in total. The van der Waals surface area contributed by atoms with Crippen LogP contribution in [0.1, 0.15) is 32.3 Å². The lowest BCUT2D eigenvalue weighted by Gasteiger charge is -2.39. The summed E-state index contributed by atoms with van der Waals surface area (Å²) in [5, 5.41) is 23.0. The van der Waals surface area contributed by atoms with Crippen LogP contribution in [0.4, 0.5) is 4.79 Å². The summed E-state index contributed by atoms with van der Waals surface area (Å²) in [5.74, 6) is -1.41. The van der Waals surface area contributed by atoms with E-state index in [1.165, 1.54) is 6.26 Å². The molecule has 2 aliphatic rings. The number of fused-ring (bicyclic) bond motifs is 1. The minimum Gasteiger partial charge on any atom is -0.464 e. The van der Waals surface area contributed by atoms with Gasteiger partial charge in [-0.3, -0.25) is 9.69 Å². The molecule has 0 aliphatic carbocycles. The predicted molar refractivity (Wildman–Crippen MR) is 144 cm³/mol. The highest BCUT2D eigenvalue weighted by molar-refractivity contribution is 6.43. The topological polar surface area (TPSA) is 129 Å². The number of rotatable bonds is 9. The molecule has 39 heavy (non-hydrogen) atoms. The zero-order valence-corrected chi connectivity index (χ0v) is 22.3. The van der Waals surface area contributed by atoms with E-state index in [1.807, 2.05) is 32.0 Å². The van der Waals surface area contributed by atoms with Gasteiger partial charge in [0, 0.05) is 30.6 Å². The van der Waals surface area contributed by atoms with Crippen molar-refractivity contribution in [2.75, 3.05) is 39.5 Å². The maximum absolute atomic E-state index is 13.3. The van der Waals surface area contributed by atoms with Crippen LogP contribution in [-0.4, -0.2) is 95.9 Å². The van der Waals surface area contributed by atoms with Crippen LogP contribution in [0.25, 0.3) is 15.8 Å². The molecular formula is C27H35BN4O7. The molecule has 2 fully saturated rings. The van der Waals surface area contributed by atoms with Crippen LogP contribution in [0.15, 0.2) is 46.7 Å². The Balaban J connectivity index is 1.35. The van der Waals surface area contributed by atoms with Gasteiger partial charge in [0.25, 0.3) is 5.91 Å². The lowest BCUT2D eigenvalue weighted by Crippen LogP contribution is -2.49. The van der Waals surface area contributed by atoms with Crippen molar-refractivity contribution in [2.45, 2.75) is 50.6 Å². The Bertz CT molecular complexity index is 1230. The molecule has 2 amide bonds. The Morgan fingerprint density at radius 3 is 2.74 bits per heavy atom. The third-order valence-electron chi connectivity index (χ3n) is 7.36. The number of ether oxygens (including phenoxy) is 2. The van der Waals surface area contributed by atoms with Crippen molar-refractivity contribution in [3.63, 3.8) is 0 Å². The zero-order chi connectivity index (χ0) is 28.0. The van der Waals surface area contributed by atoms with E-state index in [1.54, 1.807) is 17.0 Å². The van der Waals surface area contributed by atoms with Gasteiger partial charge in [-0.15, -0.1) is 0 Å². The van der Waals surface area contributed by atoms with E-state index < -0.39 is 24.7 Å². The van der Waals surface area contributed by atoms with Gasteiger partial charge in [-0.2, -0.15) is 0 Å². The molecule has 1 aromatic carbocycles. The molecule has 208 valence electrons. The summed E-state index contributed by atoms with van der Waals surface area (Å²) in [6.07, 6.45) is 3.89. The highest BCUT2D eigenvalue weighted by atomic mass is 16.5. The third kappa shape index (κ3) is 6.99. The van der Waals surface area contributed by atoms with Crippen molar-refractivity contribution in [3.8, 4) is 0 Å². The van der Waals surface area contributed by atoms with Crippen LogP contribution >= 0.6 is 0 Å². The molecular weight excluding hydrogens is 503 g/mol. The Kier molecular flexibility index (Phi) is 9.30. The molecule has 3 heterocycles. The molecule has 0 radical (unpaired) electrons. The average molecular weight is 538 g/mol. The van der Waals surface area contributed by atoms with Crippen LogP contribution in [-0.2, 0) is 20.7 Å². The van der Waals surface area contributed by atoms with Gasteiger partial charge in [0.1, 0.15) is 12.2 Å². The molecule has 2 aliphatic heterocycles. The van der Waals surface area contributed by atoms with Gasteiger partial charge in [-0.05, 0) is 44.7 Å². The first-order valence-corrected chi connectivity index (χ1v) is 13.2. The zero-order valence-electron chi connectivity index (χ0n) is 22.3. The summed E-state index contributed by atoms with van der Waals surface area (Å²) in [6.45, 7) is 14.7. The molecule has 0 saturated carbocycles. The second-order valence-electron chi connectivity index (χ2n) is 10.4. The Labute approximate surface area is 228 Å². The molecule has 1 aromatic heterocycles. The Morgan fingerprint density at radius 1 is 1.28 bits per heavy atom. The summed E-state index contributed by atoms with van der Waals surface area (Å²) in [5.41, 5.74) is 0.924. The SMILES string of the molecule is [C-]#[N+]C(=CC(C)(C)N1CCOCC1)C(=O)N1CCC[C@@H]1COC(=O)N[C@@H](Cc1coc2ccccc12)B(O)O. The number of hydrogen-bond acceptors (Lipinski definition) is 8. The average Bonchev–Trinajstić information content (AvgIpc) is 3.57. The van der Waals surface area contributed by atoms with Crippen molar-refractivity contribution < 1.29 is 33.5 Å². The maximum Gasteiger partial charge on any atom is 0.475 e. The predicted octanol–water partition coefficient (Wildman–Crippen LogP) is 1.99. The number of para-hydroxylation sites is 1. The van der Waals surface area contributed by atoms with Crippen LogP contribution in [0.5, 0.6) is 0 Å². The van der Waals surface area contributed by atoms with E-state index in [4.69, 9.17) is 20.5 Å². The molecule has 12 heteroatoms. The highest BCUT2D eigenvalue weighted by Gasteiger charge is 2.35. The fraction of sp³-hybridized carbons (Fsp3) is 0.519. The minimum absolute atomic E-state index is 0.0404. The van der Waals surface area contributed by atoms with E-state index in [2.05, 4.69) is 15.1 Å². The fourth-order valence-corrected chi connectivity index (χ4v) is 5.15. The van der Waals surface area contributed by atoms with Gasteiger partial charge in [-0.1, -0.05) is 24.3 Å². The van der Waals surface area contributed by atoms with Crippen molar-refractivity contribution in [1.82, 2.24) is 15.1 Å². The number of likely N-dealkylation sites (tertiary alicyclic amines) is 1.